The molecule has 1 saturated heterocycles. The number of hydrogen-bond donors (Lipinski definition) is 0. The van der Waals surface area contributed by atoms with E-state index in [4.69, 9.17) is 9.72 Å². The molecular weight excluding hydrogens is 428 g/mol. The van der Waals surface area contributed by atoms with Gasteiger partial charge in [-0.15, -0.1) is 0 Å². The van der Waals surface area contributed by atoms with Crippen molar-refractivity contribution < 1.29 is 14.3 Å². The highest BCUT2D eigenvalue weighted by atomic mass is 16.6. The highest BCUT2D eigenvalue weighted by molar-refractivity contribution is 6.04. The first-order chi connectivity index (χ1) is 16.7. The third-order valence-corrected chi connectivity index (χ3v) is 5.88. The number of anilines is 2. The Balaban J connectivity index is 1.42. The molecular formula is C27H24N4O3. The van der Waals surface area contributed by atoms with Crippen molar-refractivity contribution in [3.05, 3.63) is 96.7 Å². The Bertz CT molecular complexity index is 1300. The molecule has 1 aliphatic heterocycles. The molecule has 7 heteroatoms. The molecule has 1 aromatic heterocycles. The summed E-state index contributed by atoms with van der Waals surface area (Å²) in [6, 6.07) is 25.7. The van der Waals surface area contributed by atoms with Gasteiger partial charge >= 0.3 is 6.09 Å². The standard InChI is InChI=1S/C27H24N4O3/c32-26(24-16-9-17-30(24)27(33)34-19-20-10-3-1-4-11-20)31(21-12-5-2-6-13-21)25-18-28-22-14-7-8-15-23(22)29-25/h1-8,10-15,18,24H,9,16-17,19H2. The van der Waals surface area contributed by atoms with Crippen molar-refractivity contribution in [3.63, 3.8) is 0 Å². The number of likely N-dealkylation sites (tertiary alicyclic amines) is 1. The highest BCUT2D eigenvalue weighted by Crippen LogP contribution is 2.29. The van der Waals surface area contributed by atoms with E-state index in [9.17, 15) is 9.59 Å². The first-order valence-corrected chi connectivity index (χ1v) is 11.3. The molecule has 34 heavy (non-hydrogen) atoms. The van der Waals surface area contributed by atoms with Crippen LogP contribution >= 0.6 is 0 Å². The molecule has 0 aliphatic carbocycles. The lowest BCUT2D eigenvalue weighted by Crippen LogP contribution is -2.46. The third-order valence-electron chi connectivity index (χ3n) is 5.88. The van der Waals surface area contributed by atoms with Gasteiger partial charge in [-0.05, 0) is 42.7 Å². The predicted molar refractivity (Wildman–Crippen MR) is 129 cm³/mol. The van der Waals surface area contributed by atoms with E-state index in [0.29, 0.717) is 30.0 Å². The smallest absolute Gasteiger partial charge is 0.410 e. The minimum Gasteiger partial charge on any atom is -0.445 e. The van der Waals surface area contributed by atoms with E-state index in [-0.39, 0.29) is 12.5 Å². The molecule has 1 unspecified atom stereocenters. The average molecular weight is 453 g/mol. The number of amides is 2. The van der Waals surface area contributed by atoms with Crippen molar-refractivity contribution >= 4 is 34.5 Å². The molecule has 0 bridgehead atoms. The van der Waals surface area contributed by atoms with Crippen molar-refractivity contribution in [2.75, 3.05) is 11.4 Å². The summed E-state index contributed by atoms with van der Waals surface area (Å²) in [6.07, 6.45) is 2.39. The Morgan fingerprint density at radius 1 is 0.912 bits per heavy atom. The second-order valence-corrected chi connectivity index (χ2v) is 8.12. The van der Waals surface area contributed by atoms with Crippen molar-refractivity contribution in [3.8, 4) is 0 Å². The molecule has 170 valence electrons. The topological polar surface area (TPSA) is 75.6 Å². The molecule has 5 rings (SSSR count). The average Bonchev–Trinajstić information content (AvgIpc) is 3.39. The molecule has 0 radical (unpaired) electrons. The summed E-state index contributed by atoms with van der Waals surface area (Å²) in [6.45, 7) is 0.631. The van der Waals surface area contributed by atoms with E-state index < -0.39 is 12.1 Å². The summed E-state index contributed by atoms with van der Waals surface area (Å²) < 4.78 is 5.53. The van der Waals surface area contributed by atoms with Crippen LogP contribution in [0.1, 0.15) is 18.4 Å². The Morgan fingerprint density at radius 2 is 1.59 bits per heavy atom. The maximum Gasteiger partial charge on any atom is 0.410 e. The largest absolute Gasteiger partial charge is 0.445 e. The number of ether oxygens (including phenoxy) is 1. The molecule has 1 fully saturated rings. The van der Waals surface area contributed by atoms with Crippen molar-refractivity contribution in [2.45, 2.75) is 25.5 Å². The summed E-state index contributed by atoms with van der Waals surface area (Å²) in [5.74, 6) is 0.185. The Hall–Kier alpha value is -4.26. The fourth-order valence-electron chi connectivity index (χ4n) is 4.20. The van der Waals surface area contributed by atoms with Gasteiger partial charge in [0.15, 0.2) is 5.82 Å². The van der Waals surface area contributed by atoms with Crippen LogP contribution in [0.5, 0.6) is 0 Å². The minimum absolute atomic E-state index is 0.162. The van der Waals surface area contributed by atoms with E-state index in [1.807, 2.05) is 84.9 Å². The van der Waals surface area contributed by atoms with E-state index in [1.54, 1.807) is 11.1 Å². The van der Waals surface area contributed by atoms with Crippen LogP contribution in [0.4, 0.5) is 16.3 Å². The fourth-order valence-corrected chi connectivity index (χ4v) is 4.20. The first kappa shape index (κ1) is 21.6. The van der Waals surface area contributed by atoms with Crippen LogP contribution in [0.15, 0.2) is 91.1 Å². The number of carbonyl (C=O) groups excluding carboxylic acids is 2. The first-order valence-electron chi connectivity index (χ1n) is 11.3. The Morgan fingerprint density at radius 3 is 2.35 bits per heavy atom. The number of aromatic nitrogens is 2. The molecule has 2 heterocycles. The normalized spacial score (nSPS) is 15.3. The molecule has 3 aromatic carbocycles. The predicted octanol–water partition coefficient (Wildman–Crippen LogP) is 5.10. The molecule has 1 atom stereocenters. The van der Waals surface area contributed by atoms with Crippen LogP contribution in [0, 0.1) is 0 Å². The van der Waals surface area contributed by atoms with Gasteiger partial charge in [0.1, 0.15) is 12.6 Å². The van der Waals surface area contributed by atoms with Crippen molar-refractivity contribution in [1.29, 1.82) is 0 Å². The van der Waals surface area contributed by atoms with Gasteiger partial charge in [-0.25, -0.2) is 9.78 Å². The minimum atomic E-state index is -0.642. The van der Waals surface area contributed by atoms with E-state index in [0.717, 1.165) is 17.5 Å². The maximum atomic E-state index is 13.9. The van der Waals surface area contributed by atoms with Crippen LogP contribution in [0.25, 0.3) is 11.0 Å². The zero-order valence-corrected chi connectivity index (χ0v) is 18.6. The second kappa shape index (κ2) is 9.70. The lowest BCUT2D eigenvalue weighted by Gasteiger charge is -2.29. The number of rotatable bonds is 5. The summed E-state index contributed by atoms with van der Waals surface area (Å²) in [7, 11) is 0. The summed E-state index contributed by atoms with van der Waals surface area (Å²) >= 11 is 0. The van der Waals surface area contributed by atoms with Gasteiger partial charge in [0.25, 0.3) is 5.91 Å². The van der Waals surface area contributed by atoms with Crippen LogP contribution in [-0.4, -0.2) is 39.5 Å². The number of hydrogen-bond acceptors (Lipinski definition) is 5. The van der Waals surface area contributed by atoms with Gasteiger partial charge in [-0.3, -0.25) is 19.6 Å². The molecule has 7 nitrogen and oxygen atoms in total. The zero-order chi connectivity index (χ0) is 23.3. The van der Waals surface area contributed by atoms with Gasteiger partial charge in [0, 0.05) is 6.54 Å². The number of fused-ring (bicyclic) bond motifs is 1. The van der Waals surface area contributed by atoms with Gasteiger partial charge in [0.2, 0.25) is 0 Å². The van der Waals surface area contributed by atoms with Crippen LogP contribution in [0.2, 0.25) is 0 Å². The number of carbonyl (C=O) groups is 2. The Labute approximate surface area is 197 Å². The maximum absolute atomic E-state index is 13.9. The summed E-state index contributed by atoms with van der Waals surface area (Å²) in [4.78, 5) is 39.1. The highest BCUT2D eigenvalue weighted by Gasteiger charge is 2.39. The van der Waals surface area contributed by atoms with Crippen molar-refractivity contribution in [1.82, 2.24) is 14.9 Å². The summed E-state index contributed by atoms with van der Waals surface area (Å²) in [5.41, 5.74) is 3.01. The lowest BCUT2D eigenvalue weighted by molar-refractivity contribution is -0.121. The van der Waals surface area contributed by atoms with Gasteiger partial charge in [-0.2, -0.15) is 0 Å². The van der Waals surface area contributed by atoms with E-state index in [2.05, 4.69) is 4.98 Å². The molecule has 1 aliphatic rings. The SMILES string of the molecule is O=C(C1CCCN1C(=O)OCc1ccccc1)N(c1ccccc1)c1cnc2ccccc2n1. The zero-order valence-electron chi connectivity index (χ0n) is 18.6. The molecule has 0 saturated carbocycles. The van der Waals surface area contributed by atoms with Crippen molar-refractivity contribution in [2.24, 2.45) is 0 Å². The molecule has 2 amide bonds. The fraction of sp³-hybridized carbons (Fsp3) is 0.185. The van der Waals surface area contributed by atoms with E-state index in [1.165, 1.54) is 4.90 Å². The van der Waals surface area contributed by atoms with Crippen LogP contribution in [0.3, 0.4) is 0 Å². The molecule has 0 N–H and O–H groups in total. The molecule has 4 aromatic rings. The lowest BCUT2D eigenvalue weighted by atomic mass is 10.1. The van der Waals surface area contributed by atoms with Gasteiger partial charge in [-0.1, -0.05) is 60.7 Å². The van der Waals surface area contributed by atoms with Gasteiger partial charge in [0.05, 0.1) is 22.9 Å². The van der Waals surface area contributed by atoms with Crippen LogP contribution < -0.4 is 4.90 Å². The van der Waals surface area contributed by atoms with Gasteiger partial charge < -0.3 is 4.74 Å². The number of nitrogens with zero attached hydrogens (tertiary/aromatic N) is 4. The number of para-hydroxylation sites is 3. The van der Waals surface area contributed by atoms with Crippen LogP contribution in [-0.2, 0) is 16.1 Å². The second-order valence-electron chi connectivity index (χ2n) is 8.12. The number of benzene rings is 3. The monoisotopic (exact) mass is 452 g/mol. The third kappa shape index (κ3) is 4.45. The molecule has 0 spiro atoms. The van der Waals surface area contributed by atoms with E-state index >= 15 is 0 Å². The Kier molecular flexibility index (Phi) is 6.16. The quantitative estimate of drug-likeness (QED) is 0.421. The summed E-state index contributed by atoms with van der Waals surface area (Å²) in [5, 5.41) is 0.